The van der Waals surface area contributed by atoms with Gasteiger partial charge in [-0.3, -0.25) is 24.9 Å². The zero-order valence-electron chi connectivity index (χ0n) is 27.8. The van der Waals surface area contributed by atoms with Crippen LogP contribution >= 0.6 is 0 Å². The minimum absolute atomic E-state index is 0.461. The Balaban J connectivity index is 1.12. The van der Waals surface area contributed by atoms with Crippen LogP contribution in [0.3, 0.4) is 0 Å². The summed E-state index contributed by atoms with van der Waals surface area (Å²) < 4.78 is 0. The highest BCUT2D eigenvalue weighted by Crippen LogP contribution is 2.55. The molecule has 5 heteroatoms. The van der Waals surface area contributed by atoms with E-state index in [4.69, 9.17) is 24.9 Å². The van der Waals surface area contributed by atoms with E-state index in [1.807, 2.05) is 55.2 Å². The van der Waals surface area contributed by atoms with Crippen molar-refractivity contribution in [1.29, 1.82) is 0 Å². The van der Waals surface area contributed by atoms with Crippen LogP contribution in [0.2, 0.25) is 0 Å². The van der Waals surface area contributed by atoms with Crippen LogP contribution in [0.1, 0.15) is 116 Å². The monoisotopic (exact) mass is 633 g/mol. The number of aromatic nitrogens is 5. The first-order chi connectivity index (χ1) is 23.8. The molecule has 8 rings (SSSR count). The topological polar surface area (TPSA) is 64.5 Å². The van der Waals surface area contributed by atoms with Crippen molar-refractivity contribution in [1.82, 2.24) is 24.9 Å². The number of pyridine rings is 5. The lowest BCUT2D eigenvalue weighted by Crippen LogP contribution is -2.36. The van der Waals surface area contributed by atoms with Crippen LogP contribution in [0.5, 0.6) is 0 Å². The zero-order valence-corrected chi connectivity index (χ0v) is 27.8. The van der Waals surface area contributed by atoms with Gasteiger partial charge in [-0.25, -0.2) is 0 Å². The van der Waals surface area contributed by atoms with Crippen molar-refractivity contribution in [2.45, 2.75) is 87.4 Å². The van der Waals surface area contributed by atoms with Gasteiger partial charge in [-0.05, 0) is 142 Å². The summed E-state index contributed by atoms with van der Waals surface area (Å²) in [5.74, 6) is 4.90. The van der Waals surface area contributed by atoms with Gasteiger partial charge in [-0.1, -0.05) is 30.3 Å². The van der Waals surface area contributed by atoms with E-state index in [0.717, 1.165) is 12.8 Å². The van der Waals surface area contributed by atoms with Crippen LogP contribution in [0.4, 0.5) is 0 Å². The van der Waals surface area contributed by atoms with Crippen molar-refractivity contribution >= 4 is 0 Å². The summed E-state index contributed by atoms with van der Waals surface area (Å²) in [6.45, 7) is 0. The van der Waals surface area contributed by atoms with Gasteiger partial charge in [0.05, 0.1) is 0 Å². The van der Waals surface area contributed by atoms with Crippen LogP contribution in [0, 0.1) is 23.7 Å². The van der Waals surface area contributed by atoms with Crippen molar-refractivity contribution in [3.8, 4) is 0 Å². The van der Waals surface area contributed by atoms with E-state index in [2.05, 4.69) is 66.7 Å². The molecule has 0 aromatic carbocycles. The van der Waals surface area contributed by atoms with E-state index >= 15 is 0 Å². The Labute approximate surface area is 285 Å². The van der Waals surface area contributed by atoms with Gasteiger partial charge >= 0.3 is 0 Å². The van der Waals surface area contributed by atoms with Crippen LogP contribution in [-0.4, -0.2) is 24.9 Å². The molecule has 0 radical (unpaired) electrons. The van der Waals surface area contributed by atoms with Gasteiger partial charge in [0, 0.05) is 89.0 Å². The van der Waals surface area contributed by atoms with Crippen molar-refractivity contribution in [2.75, 3.05) is 0 Å². The maximum atomic E-state index is 4.97. The summed E-state index contributed by atoms with van der Waals surface area (Å²) in [5, 5.41) is 0. The van der Waals surface area contributed by atoms with Crippen molar-refractivity contribution < 1.29 is 0 Å². The average Bonchev–Trinajstić information content (AvgIpc) is 3.19. The van der Waals surface area contributed by atoms with Crippen molar-refractivity contribution in [2.24, 2.45) is 23.7 Å². The SMILES string of the molecule is c1ccc(C2CC(c3ccccn3)CC(C3CC(c4ccccn4)CC(C4CC(c5ccccn5)CC(c5ccccn5)C4)C3)C2)nc1. The molecular weight excluding hydrogens is 587 g/mol. The first-order valence-electron chi connectivity index (χ1n) is 18.3. The molecule has 5 aromatic rings. The zero-order chi connectivity index (χ0) is 32.1. The summed E-state index contributed by atoms with van der Waals surface area (Å²) >= 11 is 0. The van der Waals surface area contributed by atoms with Gasteiger partial charge in [0.25, 0.3) is 0 Å². The predicted molar refractivity (Wildman–Crippen MR) is 190 cm³/mol. The largest absolute Gasteiger partial charge is 0.261 e. The fourth-order valence-electron chi connectivity index (χ4n) is 9.97. The first-order valence-corrected chi connectivity index (χ1v) is 18.3. The molecule has 0 saturated heterocycles. The van der Waals surface area contributed by atoms with E-state index in [1.165, 1.54) is 73.4 Å². The third kappa shape index (κ3) is 6.97. The molecule has 0 amide bonds. The average molecular weight is 634 g/mol. The fourth-order valence-corrected chi connectivity index (χ4v) is 9.97. The number of nitrogens with zero attached hydrogens (tertiary/aromatic N) is 5. The molecule has 6 unspecified atom stereocenters. The molecule has 5 heterocycles. The van der Waals surface area contributed by atoms with Crippen LogP contribution in [0.25, 0.3) is 0 Å². The van der Waals surface area contributed by atoms with E-state index in [-0.39, 0.29) is 0 Å². The van der Waals surface area contributed by atoms with E-state index < -0.39 is 0 Å². The van der Waals surface area contributed by atoms with E-state index in [0.29, 0.717) is 53.3 Å². The summed E-state index contributed by atoms with van der Waals surface area (Å²) in [6, 6.07) is 32.4. The fraction of sp³-hybridized carbons (Fsp3) is 0.419. The summed E-state index contributed by atoms with van der Waals surface area (Å²) in [5.41, 5.74) is 6.28. The predicted octanol–water partition coefficient (Wildman–Crippen LogP) is 9.90. The Kier molecular flexibility index (Phi) is 9.36. The number of hydrogen-bond donors (Lipinski definition) is 0. The summed E-state index contributed by atoms with van der Waals surface area (Å²) in [7, 11) is 0. The van der Waals surface area contributed by atoms with Gasteiger partial charge in [0.15, 0.2) is 0 Å². The lowest BCUT2D eigenvalue weighted by Gasteiger charge is -2.47. The van der Waals surface area contributed by atoms with Gasteiger partial charge in [0.1, 0.15) is 0 Å². The smallest absolute Gasteiger partial charge is 0.0434 e. The third-order valence-electron chi connectivity index (χ3n) is 12.1. The molecule has 3 fully saturated rings. The molecule has 6 atom stereocenters. The maximum absolute atomic E-state index is 4.97. The Bertz CT molecular complexity index is 1500. The molecule has 3 aliphatic rings. The molecule has 0 N–H and O–H groups in total. The summed E-state index contributed by atoms with van der Waals surface area (Å²) in [6.07, 6.45) is 20.7. The lowest BCUT2D eigenvalue weighted by atomic mass is 9.58. The Morgan fingerprint density at radius 1 is 0.271 bits per heavy atom. The quantitative estimate of drug-likeness (QED) is 0.178. The second-order valence-electron chi connectivity index (χ2n) is 14.9. The molecule has 0 spiro atoms. The standard InChI is InChI=1S/C43H47N5/c1-6-16-44-39(11-1)34-22-30(32-24-35(40-12-2-7-17-45-40)28-36(25-32)41-13-3-8-18-46-41)21-31(23-34)33-26-37(42-14-4-9-19-47-42)29-38(27-33)43-15-5-10-20-48-43/h1-20,30-38H,21-29H2. The molecule has 3 aliphatic carbocycles. The third-order valence-corrected chi connectivity index (χ3v) is 12.1. The normalized spacial score (nSPS) is 30.8. The van der Waals surface area contributed by atoms with Gasteiger partial charge in [-0.15, -0.1) is 0 Å². The highest BCUT2D eigenvalue weighted by molar-refractivity contribution is 5.20. The second kappa shape index (κ2) is 14.5. The molecular formula is C43H47N5. The molecule has 244 valence electrons. The van der Waals surface area contributed by atoms with Gasteiger partial charge in [-0.2, -0.15) is 0 Å². The Hall–Kier alpha value is -4.25. The minimum Gasteiger partial charge on any atom is -0.261 e. The highest BCUT2D eigenvalue weighted by atomic mass is 14.7. The van der Waals surface area contributed by atoms with Gasteiger partial charge < -0.3 is 0 Å². The van der Waals surface area contributed by atoms with Crippen molar-refractivity contribution in [3.05, 3.63) is 150 Å². The Morgan fingerprint density at radius 3 is 0.729 bits per heavy atom. The minimum atomic E-state index is 0.461. The van der Waals surface area contributed by atoms with Crippen LogP contribution in [-0.2, 0) is 0 Å². The lowest BCUT2D eigenvalue weighted by molar-refractivity contribution is 0.0793. The Morgan fingerprint density at radius 2 is 0.500 bits per heavy atom. The first kappa shape index (κ1) is 31.0. The molecule has 0 bridgehead atoms. The van der Waals surface area contributed by atoms with Crippen LogP contribution in [0.15, 0.2) is 122 Å². The van der Waals surface area contributed by atoms with Gasteiger partial charge in [0.2, 0.25) is 0 Å². The van der Waals surface area contributed by atoms with E-state index in [1.54, 1.807) is 0 Å². The molecule has 0 aliphatic heterocycles. The van der Waals surface area contributed by atoms with Crippen molar-refractivity contribution in [3.63, 3.8) is 0 Å². The van der Waals surface area contributed by atoms with E-state index in [9.17, 15) is 0 Å². The molecule has 5 nitrogen and oxygen atoms in total. The molecule has 3 saturated carbocycles. The second-order valence-corrected chi connectivity index (χ2v) is 14.9. The molecule has 5 aromatic heterocycles. The number of rotatable bonds is 7. The molecule has 48 heavy (non-hydrogen) atoms. The summed E-state index contributed by atoms with van der Waals surface area (Å²) in [4.78, 5) is 24.5. The maximum Gasteiger partial charge on any atom is 0.0434 e. The number of hydrogen-bond acceptors (Lipinski definition) is 5. The van der Waals surface area contributed by atoms with Crippen LogP contribution < -0.4 is 0 Å². The highest BCUT2D eigenvalue weighted by Gasteiger charge is 2.44.